The van der Waals surface area contributed by atoms with Gasteiger partial charge in [-0.2, -0.15) is 8.78 Å². The molecule has 0 bridgehead atoms. The van der Waals surface area contributed by atoms with Crippen molar-refractivity contribution in [1.82, 2.24) is 19.8 Å². The van der Waals surface area contributed by atoms with Gasteiger partial charge in [0.2, 0.25) is 5.95 Å². The number of nitrogens with one attached hydrogen (secondary N) is 1. The molecule has 0 aliphatic carbocycles. The topological polar surface area (TPSA) is 90.8 Å². The number of nitrogens with zero attached hydrogens (tertiary/aromatic N) is 4. The van der Waals surface area contributed by atoms with E-state index in [0.717, 1.165) is 41.8 Å². The molecule has 10 heteroatoms. The van der Waals surface area contributed by atoms with Gasteiger partial charge < -0.3 is 24.9 Å². The van der Waals surface area contributed by atoms with Crippen LogP contribution in [0.15, 0.2) is 60.9 Å². The maximum Gasteiger partial charge on any atom is 0.387 e. The minimum Gasteiger partial charge on any atom is -0.435 e. The van der Waals surface area contributed by atoms with Crippen LogP contribution in [0.4, 0.5) is 20.4 Å². The standard InChI is InChI=1S/C25H27F2N5O3/c1-31-10-12-32(13-11-31)23(34)22(16-33)18-2-6-20(7-3-18)30-25-28-14-19(15-29-25)17-4-8-21(9-5-17)35-24(26)27/h2-9,14-16,22-24,34H,10-13H2,1H3,(H,28,29,30). The maximum absolute atomic E-state index is 12.3. The van der Waals surface area contributed by atoms with E-state index in [1.165, 1.54) is 12.1 Å². The molecule has 2 unspecified atom stereocenters. The Balaban J connectivity index is 1.37. The Hall–Kier alpha value is -3.47. The Bertz CT molecular complexity index is 1090. The van der Waals surface area contributed by atoms with E-state index in [9.17, 15) is 18.7 Å². The highest BCUT2D eigenvalue weighted by Crippen LogP contribution is 2.25. The quantitative estimate of drug-likeness (QED) is 0.448. The van der Waals surface area contributed by atoms with Gasteiger partial charge in [-0.25, -0.2) is 9.97 Å². The van der Waals surface area contributed by atoms with Crippen LogP contribution in [0, 0.1) is 0 Å². The zero-order chi connectivity index (χ0) is 24.8. The number of carbonyl (C=O) groups excluding carboxylic acids is 1. The number of aliphatic hydroxyl groups excluding tert-OH is 1. The molecular weight excluding hydrogens is 456 g/mol. The van der Waals surface area contributed by atoms with Crippen LogP contribution in [0.25, 0.3) is 11.1 Å². The molecule has 35 heavy (non-hydrogen) atoms. The van der Waals surface area contributed by atoms with Gasteiger partial charge in [-0.3, -0.25) is 4.90 Å². The number of hydrogen-bond acceptors (Lipinski definition) is 8. The highest BCUT2D eigenvalue weighted by molar-refractivity contribution is 5.65. The molecule has 0 radical (unpaired) electrons. The lowest BCUT2D eigenvalue weighted by molar-refractivity contribution is -0.116. The van der Waals surface area contributed by atoms with Gasteiger partial charge in [0.25, 0.3) is 0 Å². The number of ether oxygens (including phenoxy) is 1. The van der Waals surface area contributed by atoms with Gasteiger partial charge in [-0.15, -0.1) is 0 Å². The van der Waals surface area contributed by atoms with Crippen LogP contribution in [0.5, 0.6) is 5.75 Å². The van der Waals surface area contributed by atoms with Gasteiger partial charge in [0, 0.05) is 49.8 Å². The van der Waals surface area contributed by atoms with Crippen molar-refractivity contribution in [2.24, 2.45) is 0 Å². The Morgan fingerprint density at radius 3 is 2.17 bits per heavy atom. The monoisotopic (exact) mass is 483 g/mol. The van der Waals surface area contributed by atoms with Crippen molar-refractivity contribution >= 4 is 17.9 Å². The van der Waals surface area contributed by atoms with E-state index in [1.807, 2.05) is 24.1 Å². The predicted molar refractivity (Wildman–Crippen MR) is 128 cm³/mol. The molecule has 0 saturated carbocycles. The predicted octanol–water partition coefficient (Wildman–Crippen LogP) is 3.34. The summed E-state index contributed by atoms with van der Waals surface area (Å²) in [5, 5.41) is 13.9. The summed E-state index contributed by atoms with van der Waals surface area (Å²) in [5.74, 6) is -0.177. The molecule has 0 spiro atoms. The largest absolute Gasteiger partial charge is 0.435 e. The minimum atomic E-state index is -2.87. The highest BCUT2D eigenvalue weighted by atomic mass is 19.3. The minimum absolute atomic E-state index is 0.0827. The number of anilines is 2. The number of aliphatic hydroxyl groups is 1. The van der Waals surface area contributed by atoms with Gasteiger partial charge >= 0.3 is 6.61 Å². The lowest BCUT2D eigenvalue weighted by Crippen LogP contribution is -2.51. The number of rotatable bonds is 9. The summed E-state index contributed by atoms with van der Waals surface area (Å²) in [6, 6.07) is 13.5. The van der Waals surface area contributed by atoms with Gasteiger partial charge in [0.05, 0.1) is 5.92 Å². The van der Waals surface area contributed by atoms with E-state index < -0.39 is 18.8 Å². The smallest absolute Gasteiger partial charge is 0.387 e. The molecule has 3 aromatic rings. The normalized spacial score (nSPS) is 16.6. The zero-order valence-corrected chi connectivity index (χ0v) is 19.2. The van der Waals surface area contributed by atoms with Crippen molar-refractivity contribution in [3.63, 3.8) is 0 Å². The van der Waals surface area contributed by atoms with Crippen LogP contribution in [0.2, 0.25) is 0 Å². The highest BCUT2D eigenvalue weighted by Gasteiger charge is 2.28. The molecule has 1 saturated heterocycles. The number of hydrogen-bond donors (Lipinski definition) is 2. The molecular formula is C25H27F2N5O3. The molecule has 8 nitrogen and oxygen atoms in total. The first-order chi connectivity index (χ1) is 16.9. The van der Waals surface area contributed by atoms with Crippen molar-refractivity contribution in [2.75, 3.05) is 38.5 Å². The summed E-state index contributed by atoms with van der Waals surface area (Å²) < 4.78 is 28.9. The van der Waals surface area contributed by atoms with Crippen LogP contribution in [0.1, 0.15) is 11.5 Å². The first-order valence-electron chi connectivity index (χ1n) is 11.2. The van der Waals surface area contributed by atoms with Gasteiger partial charge in [0.1, 0.15) is 18.3 Å². The molecule has 2 heterocycles. The van der Waals surface area contributed by atoms with Gasteiger partial charge in [0.15, 0.2) is 0 Å². The number of piperazine rings is 1. The fraction of sp³-hybridized carbons (Fsp3) is 0.320. The van der Waals surface area contributed by atoms with Crippen molar-refractivity contribution in [2.45, 2.75) is 18.8 Å². The first-order valence-corrected chi connectivity index (χ1v) is 11.2. The molecule has 2 aromatic carbocycles. The molecule has 1 aliphatic heterocycles. The lowest BCUT2D eigenvalue weighted by atomic mass is 9.97. The fourth-order valence-electron chi connectivity index (χ4n) is 3.92. The van der Waals surface area contributed by atoms with E-state index in [-0.39, 0.29) is 5.75 Å². The summed E-state index contributed by atoms with van der Waals surface area (Å²) in [5.41, 5.74) is 2.95. The van der Waals surface area contributed by atoms with Crippen molar-refractivity contribution < 1.29 is 23.4 Å². The molecule has 2 N–H and O–H groups in total. The fourth-order valence-corrected chi connectivity index (χ4v) is 3.92. The Morgan fingerprint density at radius 2 is 1.60 bits per heavy atom. The van der Waals surface area contributed by atoms with E-state index in [0.29, 0.717) is 19.0 Å². The number of benzene rings is 2. The molecule has 1 fully saturated rings. The second-order valence-corrected chi connectivity index (χ2v) is 8.36. The van der Waals surface area contributed by atoms with E-state index in [2.05, 4.69) is 24.9 Å². The summed E-state index contributed by atoms with van der Waals surface area (Å²) >= 11 is 0. The molecule has 1 aliphatic rings. The number of aldehydes is 1. The Kier molecular flexibility index (Phi) is 7.96. The number of likely N-dealkylation sites (N-methyl/N-ethyl adjacent to an activating group) is 1. The second-order valence-electron chi connectivity index (χ2n) is 8.36. The average molecular weight is 484 g/mol. The van der Waals surface area contributed by atoms with Crippen molar-refractivity contribution in [3.05, 3.63) is 66.5 Å². The third kappa shape index (κ3) is 6.36. The third-order valence-corrected chi connectivity index (χ3v) is 6.00. The maximum atomic E-state index is 12.3. The van der Waals surface area contributed by atoms with Crippen molar-refractivity contribution in [3.8, 4) is 16.9 Å². The first kappa shape index (κ1) is 24.6. The van der Waals surface area contributed by atoms with Crippen LogP contribution < -0.4 is 10.1 Å². The van der Waals surface area contributed by atoms with Gasteiger partial charge in [-0.1, -0.05) is 24.3 Å². The molecule has 0 amide bonds. The average Bonchev–Trinajstić information content (AvgIpc) is 2.86. The van der Waals surface area contributed by atoms with Crippen LogP contribution >= 0.6 is 0 Å². The van der Waals surface area contributed by atoms with E-state index in [4.69, 9.17) is 0 Å². The number of halogens is 2. The molecule has 4 rings (SSSR count). The summed E-state index contributed by atoms with van der Waals surface area (Å²) in [6.45, 7) is 0.256. The second kappa shape index (κ2) is 11.3. The molecule has 184 valence electrons. The SMILES string of the molecule is CN1CCN(C(O)C(C=O)c2ccc(Nc3ncc(-c4ccc(OC(F)F)cc4)cn3)cc2)CC1. The Morgan fingerprint density at radius 1 is 0.971 bits per heavy atom. The van der Waals surface area contributed by atoms with Crippen LogP contribution in [-0.2, 0) is 4.79 Å². The third-order valence-electron chi connectivity index (χ3n) is 6.00. The molecule has 2 atom stereocenters. The number of aromatic nitrogens is 2. The van der Waals surface area contributed by atoms with E-state index >= 15 is 0 Å². The Labute approximate surface area is 202 Å². The summed E-state index contributed by atoms with van der Waals surface area (Å²) in [7, 11) is 2.04. The zero-order valence-electron chi connectivity index (χ0n) is 19.2. The van der Waals surface area contributed by atoms with Gasteiger partial charge in [-0.05, 0) is 42.4 Å². The van der Waals surface area contributed by atoms with Crippen LogP contribution in [-0.4, -0.2) is 77.2 Å². The van der Waals surface area contributed by atoms with Crippen LogP contribution in [0.3, 0.4) is 0 Å². The summed E-state index contributed by atoms with van der Waals surface area (Å²) in [6.07, 6.45) is 3.18. The molecule has 1 aromatic heterocycles. The summed E-state index contributed by atoms with van der Waals surface area (Å²) in [4.78, 5) is 24.5. The lowest BCUT2D eigenvalue weighted by Gasteiger charge is -2.37. The number of carbonyl (C=O) groups is 1. The van der Waals surface area contributed by atoms with E-state index in [1.54, 1.807) is 36.7 Å². The number of alkyl halides is 2. The van der Waals surface area contributed by atoms with Crippen molar-refractivity contribution in [1.29, 1.82) is 0 Å².